The number of rotatable bonds is 6. The Balaban J connectivity index is 2.37. The first-order chi connectivity index (χ1) is 9.80. The van der Waals surface area contributed by atoms with E-state index in [4.69, 9.17) is 4.74 Å². The first-order valence-electron chi connectivity index (χ1n) is 6.68. The van der Waals surface area contributed by atoms with Gasteiger partial charge in [-0.25, -0.2) is 9.97 Å². The molecule has 0 spiro atoms. The summed E-state index contributed by atoms with van der Waals surface area (Å²) in [5, 5.41) is 12.4. The van der Waals surface area contributed by atoms with Crippen LogP contribution < -0.4 is 10.1 Å². The number of aliphatic hydroxyl groups excluding tert-OH is 1. The molecule has 0 saturated carbocycles. The number of aliphatic hydroxyl groups is 1. The third-order valence-corrected chi connectivity index (χ3v) is 2.99. The minimum atomic E-state index is -0.0662. The van der Waals surface area contributed by atoms with Crippen LogP contribution in [0.1, 0.15) is 24.5 Å². The Labute approximate surface area is 118 Å². The fourth-order valence-electron chi connectivity index (χ4n) is 2.01. The molecule has 0 aliphatic heterocycles. The van der Waals surface area contributed by atoms with E-state index in [1.54, 1.807) is 0 Å². The first-order valence-corrected chi connectivity index (χ1v) is 6.68. The Hall–Kier alpha value is -2.14. The van der Waals surface area contributed by atoms with Gasteiger partial charge in [0, 0.05) is 12.6 Å². The van der Waals surface area contributed by atoms with E-state index in [9.17, 15) is 5.11 Å². The molecule has 0 saturated heterocycles. The summed E-state index contributed by atoms with van der Waals surface area (Å²) in [5.41, 5.74) is 1.69. The van der Waals surface area contributed by atoms with Gasteiger partial charge in [-0.1, -0.05) is 31.5 Å². The standard InChI is InChI=1S/C15H19N3O2/c1-3-6-12-14(16-2)17-10-18-15(12)20-13-8-5-4-7-11(13)9-19/h4-5,7-8,10,19H,3,6,9H2,1-2H3,(H,16,17,18). The van der Waals surface area contributed by atoms with Crippen LogP contribution in [0.15, 0.2) is 30.6 Å². The predicted molar refractivity (Wildman–Crippen MR) is 78.0 cm³/mol. The smallest absolute Gasteiger partial charge is 0.227 e. The molecular formula is C15H19N3O2. The van der Waals surface area contributed by atoms with Crippen molar-refractivity contribution in [2.75, 3.05) is 12.4 Å². The lowest BCUT2D eigenvalue weighted by molar-refractivity contribution is 0.276. The Morgan fingerprint density at radius 2 is 2.05 bits per heavy atom. The summed E-state index contributed by atoms with van der Waals surface area (Å²) < 4.78 is 5.88. The van der Waals surface area contributed by atoms with Crippen molar-refractivity contribution in [3.8, 4) is 11.6 Å². The third-order valence-electron chi connectivity index (χ3n) is 2.99. The number of anilines is 1. The van der Waals surface area contributed by atoms with Gasteiger partial charge in [-0.05, 0) is 12.5 Å². The van der Waals surface area contributed by atoms with E-state index in [1.807, 2.05) is 31.3 Å². The molecule has 1 aromatic heterocycles. The molecule has 5 nitrogen and oxygen atoms in total. The molecule has 106 valence electrons. The molecule has 1 heterocycles. The lowest BCUT2D eigenvalue weighted by Gasteiger charge is -2.14. The number of benzene rings is 1. The fourth-order valence-corrected chi connectivity index (χ4v) is 2.01. The van der Waals surface area contributed by atoms with Crippen LogP contribution in [0.4, 0.5) is 5.82 Å². The zero-order valence-electron chi connectivity index (χ0n) is 11.8. The van der Waals surface area contributed by atoms with E-state index < -0.39 is 0 Å². The van der Waals surface area contributed by atoms with Crippen LogP contribution in [0.3, 0.4) is 0 Å². The van der Waals surface area contributed by atoms with Gasteiger partial charge in [0.05, 0.1) is 12.2 Å². The van der Waals surface area contributed by atoms with Gasteiger partial charge in [0.2, 0.25) is 5.88 Å². The topological polar surface area (TPSA) is 67.3 Å². The van der Waals surface area contributed by atoms with Gasteiger partial charge in [-0.3, -0.25) is 0 Å². The van der Waals surface area contributed by atoms with Crippen LogP contribution in [-0.4, -0.2) is 22.1 Å². The summed E-state index contributed by atoms with van der Waals surface area (Å²) in [7, 11) is 1.83. The average Bonchev–Trinajstić information content (AvgIpc) is 2.49. The maximum absolute atomic E-state index is 9.34. The fraction of sp³-hybridized carbons (Fsp3) is 0.333. The number of nitrogens with one attached hydrogen (secondary N) is 1. The molecular weight excluding hydrogens is 254 g/mol. The number of ether oxygens (including phenoxy) is 1. The number of para-hydroxylation sites is 1. The van der Waals surface area contributed by atoms with Gasteiger partial charge in [0.1, 0.15) is 17.9 Å². The highest BCUT2D eigenvalue weighted by Gasteiger charge is 2.13. The second-order valence-electron chi connectivity index (χ2n) is 4.37. The van der Waals surface area contributed by atoms with E-state index in [1.165, 1.54) is 6.33 Å². The van der Waals surface area contributed by atoms with Crippen molar-refractivity contribution < 1.29 is 9.84 Å². The maximum atomic E-state index is 9.34. The van der Waals surface area contributed by atoms with Crippen LogP contribution in [0.2, 0.25) is 0 Å². The maximum Gasteiger partial charge on any atom is 0.227 e. The molecule has 0 radical (unpaired) electrons. The average molecular weight is 273 g/mol. The van der Waals surface area contributed by atoms with Crippen LogP contribution in [0.25, 0.3) is 0 Å². The minimum Gasteiger partial charge on any atom is -0.438 e. The number of hydrogen-bond donors (Lipinski definition) is 2. The van der Waals surface area contributed by atoms with Crippen LogP contribution >= 0.6 is 0 Å². The Kier molecular flexibility index (Phi) is 4.90. The summed E-state index contributed by atoms with van der Waals surface area (Å²) in [4.78, 5) is 8.43. The van der Waals surface area contributed by atoms with Crippen molar-refractivity contribution in [3.05, 3.63) is 41.7 Å². The lowest BCUT2D eigenvalue weighted by Crippen LogP contribution is -2.04. The van der Waals surface area contributed by atoms with Crippen LogP contribution in [0.5, 0.6) is 11.6 Å². The third kappa shape index (κ3) is 3.05. The SMILES string of the molecule is CCCc1c(NC)ncnc1Oc1ccccc1CO. The van der Waals surface area contributed by atoms with E-state index in [2.05, 4.69) is 22.2 Å². The molecule has 5 heteroatoms. The van der Waals surface area contributed by atoms with Crippen molar-refractivity contribution in [2.45, 2.75) is 26.4 Å². The molecule has 2 N–H and O–H groups in total. The minimum absolute atomic E-state index is 0.0662. The second kappa shape index (κ2) is 6.86. The number of nitrogens with zero attached hydrogens (tertiary/aromatic N) is 2. The van der Waals surface area contributed by atoms with E-state index >= 15 is 0 Å². The molecule has 2 rings (SSSR count). The summed E-state index contributed by atoms with van der Waals surface area (Å²) >= 11 is 0. The largest absolute Gasteiger partial charge is 0.438 e. The van der Waals surface area contributed by atoms with E-state index in [0.29, 0.717) is 11.6 Å². The predicted octanol–water partition coefficient (Wildman–Crippen LogP) is 2.76. The van der Waals surface area contributed by atoms with Gasteiger partial charge in [0.15, 0.2) is 0 Å². The normalized spacial score (nSPS) is 10.3. The van der Waals surface area contributed by atoms with Crippen LogP contribution in [-0.2, 0) is 13.0 Å². The molecule has 1 aromatic carbocycles. The Morgan fingerprint density at radius 3 is 2.75 bits per heavy atom. The van der Waals surface area contributed by atoms with Crippen LogP contribution in [0, 0.1) is 0 Å². The highest BCUT2D eigenvalue weighted by atomic mass is 16.5. The summed E-state index contributed by atoms with van der Waals surface area (Å²) in [6, 6.07) is 7.38. The summed E-state index contributed by atoms with van der Waals surface area (Å²) in [6.07, 6.45) is 3.27. The van der Waals surface area contributed by atoms with E-state index in [-0.39, 0.29) is 6.61 Å². The van der Waals surface area contributed by atoms with Gasteiger partial charge in [-0.2, -0.15) is 0 Å². The Bertz CT molecular complexity index is 573. The summed E-state index contributed by atoms with van der Waals surface area (Å²) in [6.45, 7) is 2.03. The van der Waals surface area contributed by atoms with Crippen molar-refractivity contribution in [1.82, 2.24) is 9.97 Å². The quantitative estimate of drug-likeness (QED) is 0.847. The molecule has 0 unspecified atom stereocenters. The summed E-state index contributed by atoms with van der Waals surface area (Å²) in [5.74, 6) is 1.93. The molecule has 2 aromatic rings. The van der Waals surface area contributed by atoms with Gasteiger partial charge < -0.3 is 15.2 Å². The van der Waals surface area contributed by atoms with Gasteiger partial charge >= 0.3 is 0 Å². The second-order valence-corrected chi connectivity index (χ2v) is 4.37. The van der Waals surface area contributed by atoms with Crippen molar-refractivity contribution >= 4 is 5.82 Å². The molecule has 0 bridgehead atoms. The first kappa shape index (κ1) is 14.3. The van der Waals surface area contributed by atoms with Gasteiger partial charge in [0.25, 0.3) is 0 Å². The lowest BCUT2D eigenvalue weighted by atomic mass is 10.1. The van der Waals surface area contributed by atoms with Crippen molar-refractivity contribution in [1.29, 1.82) is 0 Å². The number of hydrogen-bond acceptors (Lipinski definition) is 5. The molecule has 20 heavy (non-hydrogen) atoms. The van der Waals surface area contributed by atoms with Gasteiger partial charge in [-0.15, -0.1) is 0 Å². The number of aromatic nitrogens is 2. The highest BCUT2D eigenvalue weighted by molar-refractivity contribution is 5.50. The highest BCUT2D eigenvalue weighted by Crippen LogP contribution is 2.29. The molecule has 0 atom stereocenters. The Morgan fingerprint density at radius 1 is 1.25 bits per heavy atom. The molecule has 0 fully saturated rings. The zero-order valence-corrected chi connectivity index (χ0v) is 11.8. The van der Waals surface area contributed by atoms with Crippen molar-refractivity contribution in [2.24, 2.45) is 0 Å². The molecule has 0 aliphatic carbocycles. The molecule has 0 aliphatic rings. The zero-order chi connectivity index (χ0) is 14.4. The van der Waals surface area contributed by atoms with Crippen molar-refractivity contribution in [3.63, 3.8) is 0 Å². The molecule has 0 amide bonds. The monoisotopic (exact) mass is 273 g/mol. The van der Waals surface area contributed by atoms with E-state index in [0.717, 1.165) is 29.8 Å².